The van der Waals surface area contributed by atoms with Crippen LogP contribution in [0.1, 0.15) is 87.7 Å². The third-order valence-corrected chi connectivity index (χ3v) is 13.7. The van der Waals surface area contributed by atoms with Gasteiger partial charge in [0.1, 0.15) is 24.7 Å². The van der Waals surface area contributed by atoms with Crippen molar-refractivity contribution in [2.75, 3.05) is 46.1 Å². The Balaban J connectivity index is 1.33. The molecule has 6 unspecified atom stereocenters. The van der Waals surface area contributed by atoms with E-state index in [2.05, 4.69) is 29.7 Å². The molecule has 1 saturated heterocycles. The standard InChI is InChI=1S/C43H57N3O8S/c1-2-24-52-43-40(55-34-10-3-4-11-34)28-38(44-53-29-30-13-15-32(16-14-30)46(49)50)36-26-31(9-5-7-22-47)35(12-6-8-23-48)41(42(36)43)37-27-33(17-18-39(37)54-43)51-25-21-45-19-20-45/h2,13-18,26-27,31,34-35,40-42,47-48H,1,3-12,19-25,28-29H2. The number of allylic oxidation sites excluding steroid dienone is 1. The molecule has 5 aliphatic rings. The van der Waals surface area contributed by atoms with Crippen molar-refractivity contribution >= 4 is 23.2 Å². The molecule has 0 spiro atoms. The van der Waals surface area contributed by atoms with Crippen LogP contribution in [-0.4, -0.2) is 88.1 Å². The van der Waals surface area contributed by atoms with E-state index < -0.39 is 10.7 Å². The number of rotatable bonds is 21. The van der Waals surface area contributed by atoms with Crippen LogP contribution in [-0.2, 0) is 16.2 Å². The molecule has 3 fully saturated rings. The second-order valence-corrected chi connectivity index (χ2v) is 17.2. The maximum Gasteiger partial charge on any atom is 0.269 e. The highest BCUT2D eigenvalue weighted by Gasteiger charge is 2.64. The van der Waals surface area contributed by atoms with E-state index in [9.17, 15) is 20.3 Å². The van der Waals surface area contributed by atoms with Crippen LogP contribution in [0.3, 0.4) is 0 Å². The lowest BCUT2D eigenvalue weighted by Gasteiger charge is -2.58. The Morgan fingerprint density at radius 3 is 2.53 bits per heavy atom. The minimum Gasteiger partial charge on any atom is -0.492 e. The number of ether oxygens (including phenoxy) is 3. The first kappa shape index (κ1) is 39.8. The van der Waals surface area contributed by atoms with Crippen LogP contribution in [0.25, 0.3) is 0 Å². The molecular formula is C43H57N3O8S. The largest absolute Gasteiger partial charge is 0.492 e. The van der Waals surface area contributed by atoms with Crippen LogP contribution < -0.4 is 9.47 Å². The lowest BCUT2D eigenvalue weighted by atomic mass is 9.56. The van der Waals surface area contributed by atoms with Gasteiger partial charge in [-0.2, -0.15) is 0 Å². The summed E-state index contributed by atoms with van der Waals surface area (Å²) in [4.78, 5) is 19.4. The summed E-state index contributed by atoms with van der Waals surface area (Å²) in [5, 5.41) is 36.3. The number of nitro benzene ring substituents is 1. The molecule has 2 aromatic carbocycles. The average molecular weight is 776 g/mol. The lowest BCUT2D eigenvalue weighted by molar-refractivity contribution is -0.384. The molecule has 11 nitrogen and oxygen atoms in total. The fourth-order valence-electron chi connectivity index (χ4n) is 9.28. The number of fused-ring (bicyclic) bond motifs is 2. The average Bonchev–Trinajstić information content (AvgIpc) is 3.88. The Morgan fingerprint density at radius 1 is 1.05 bits per heavy atom. The number of oxime groups is 1. The van der Waals surface area contributed by atoms with Crippen molar-refractivity contribution in [1.29, 1.82) is 0 Å². The van der Waals surface area contributed by atoms with Crippen molar-refractivity contribution in [2.24, 2.45) is 22.9 Å². The fraction of sp³-hybridized carbons (Fsp3) is 0.605. The van der Waals surface area contributed by atoms with Gasteiger partial charge in [-0.15, -0.1) is 18.3 Å². The summed E-state index contributed by atoms with van der Waals surface area (Å²) < 4.78 is 20.8. The zero-order valence-corrected chi connectivity index (χ0v) is 32.7. The molecule has 55 heavy (non-hydrogen) atoms. The lowest BCUT2D eigenvalue weighted by Crippen LogP contribution is -2.64. The van der Waals surface area contributed by atoms with Gasteiger partial charge >= 0.3 is 0 Å². The van der Waals surface area contributed by atoms with Crippen LogP contribution in [0.4, 0.5) is 5.69 Å². The smallest absolute Gasteiger partial charge is 0.269 e. The summed E-state index contributed by atoms with van der Waals surface area (Å²) >= 11 is 1.98. The van der Waals surface area contributed by atoms with Crippen molar-refractivity contribution in [3.63, 3.8) is 0 Å². The number of hydrogen-bond donors (Lipinski definition) is 2. The van der Waals surface area contributed by atoms with E-state index in [0.29, 0.717) is 24.9 Å². The molecule has 2 heterocycles. The highest BCUT2D eigenvalue weighted by molar-refractivity contribution is 8.00. The summed E-state index contributed by atoms with van der Waals surface area (Å²) in [7, 11) is 0. The molecule has 7 rings (SSSR count). The topological polar surface area (TPSA) is 136 Å². The minimum absolute atomic E-state index is 0.00830. The van der Waals surface area contributed by atoms with E-state index in [0.717, 1.165) is 105 Å². The third-order valence-electron chi connectivity index (χ3n) is 12.0. The van der Waals surface area contributed by atoms with Gasteiger partial charge < -0.3 is 29.3 Å². The van der Waals surface area contributed by atoms with Crippen LogP contribution in [0.2, 0.25) is 0 Å². The van der Waals surface area contributed by atoms with Gasteiger partial charge in [-0.25, -0.2) is 0 Å². The number of nitro groups is 1. The van der Waals surface area contributed by atoms with Gasteiger partial charge in [-0.05, 0) is 91.8 Å². The van der Waals surface area contributed by atoms with Crippen molar-refractivity contribution in [3.8, 4) is 11.5 Å². The Morgan fingerprint density at radius 2 is 1.82 bits per heavy atom. The van der Waals surface area contributed by atoms with Gasteiger partial charge in [0.15, 0.2) is 0 Å². The van der Waals surface area contributed by atoms with Crippen molar-refractivity contribution in [2.45, 2.75) is 99.4 Å². The first-order chi connectivity index (χ1) is 26.9. The van der Waals surface area contributed by atoms with Crippen molar-refractivity contribution in [3.05, 3.63) is 88.0 Å². The fourth-order valence-corrected chi connectivity index (χ4v) is 11.1. The molecule has 2 aliphatic heterocycles. The first-order valence-corrected chi connectivity index (χ1v) is 21.3. The van der Waals surface area contributed by atoms with Gasteiger partial charge in [0.05, 0.1) is 28.4 Å². The summed E-state index contributed by atoms with van der Waals surface area (Å²) in [6.45, 7) is 8.66. The maximum absolute atomic E-state index is 11.3. The van der Waals surface area contributed by atoms with Crippen LogP contribution in [0.5, 0.6) is 11.5 Å². The molecule has 3 aliphatic carbocycles. The summed E-state index contributed by atoms with van der Waals surface area (Å²) in [6, 6.07) is 12.7. The van der Waals surface area contributed by atoms with E-state index >= 15 is 0 Å². The Hall–Kier alpha value is -3.42. The molecule has 6 atom stereocenters. The zero-order chi connectivity index (χ0) is 38.2. The van der Waals surface area contributed by atoms with Gasteiger partial charge in [-0.1, -0.05) is 43.0 Å². The second kappa shape index (κ2) is 18.7. The minimum atomic E-state index is -0.991. The Bertz CT molecular complexity index is 1680. The first-order valence-electron chi connectivity index (χ1n) is 20.4. The van der Waals surface area contributed by atoms with Gasteiger partial charge in [0.2, 0.25) is 5.79 Å². The maximum atomic E-state index is 11.3. The molecule has 0 amide bonds. The third kappa shape index (κ3) is 9.25. The van der Waals surface area contributed by atoms with E-state index in [4.69, 9.17) is 24.2 Å². The highest BCUT2D eigenvalue weighted by atomic mass is 32.2. The van der Waals surface area contributed by atoms with Gasteiger partial charge in [-0.3, -0.25) is 15.0 Å². The molecule has 0 radical (unpaired) electrons. The SMILES string of the molecule is C=CCOC12Oc3ccc(OCCN4CC4)cc3C3C(CCCCO)C(CCCCO)C=C(C(=NOCc4ccc([N+](=O)[O-])cc4)CC1SC1CCCC1)C32. The molecule has 2 aromatic rings. The molecule has 0 aromatic heterocycles. The normalized spacial score (nSPS) is 27.9. The number of nitrogens with zero attached hydrogens (tertiary/aromatic N) is 3. The molecule has 298 valence electrons. The number of non-ortho nitro benzene ring substituents is 1. The summed E-state index contributed by atoms with van der Waals surface area (Å²) in [5.41, 5.74) is 3.94. The van der Waals surface area contributed by atoms with Crippen LogP contribution in [0.15, 0.2) is 71.9 Å². The van der Waals surface area contributed by atoms with E-state index in [-0.39, 0.29) is 54.4 Å². The number of hydrogen-bond acceptors (Lipinski definition) is 11. The molecule has 12 heteroatoms. The molecule has 2 saturated carbocycles. The monoisotopic (exact) mass is 775 g/mol. The number of aliphatic hydroxyl groups excluding tert-OH is 2. The van der Waals surface area contributed by atoms with E-state index in [1.807, 2.05) is 23.9 Å². The van der Waals surface area contributed by atoms with Crippen LogP contribution in [0, 0.1) is 27.9 Å². The molecule has 2 N–H and O–H groups in total. The summed E-state index contributed by atoms with van der Waals surface area (Å²) in [6.07, 6.45) is 14.7. The Labute approximate surface area is 329 Å². The van der Waals surface area contributed by atoms with Gasteiger partial charge in [0, 0.05) is 68.1 Å². The predicted molar refractivity (Wildman–Crippen MR) is 215 cm³/mol. The highest BCUT2D eigenvalue weighted by Crippen LogP contribution is 2.63. The summed E-state index contributed by atoms with van der Waals surface area (Å²) in [5.74, 6) is 0.894. The molecule has 0 bridgehead atoms. The number of thioether (sulfide) groups is 1. The molecular weight excluding hydrogens is 719 g/mol. The number of aliphatic hydroxyl groups is 2. The predicted octanol–water partition coefficient (Wildman–Crippen LogP) is 7.80. The van der Waals surface area contributed by atoms with Crippen molar-refractivity contribution in [1.82, 2.24) is 4.90 Å². The quantitative estimate of drug-likeness (QED) is 0.0425. The Kier molecular flexibility index (Phi) is 13.5. The van der Waals surface area contributed by atoms with Gasteiger partial charge in [0.25, 0.3) is 5.69 Å². The van der Waals surface area contributed by atoms with Crippen molar-refractivity contribution < 1.29 is 34.2 Å². The van der Waals surface area contributed by atoms with E-state index in [1.165, 1.54) is 25.0 Å². The zero-order valence-electron chi connectivity index (χ0n) is 31.9. The number of unbranched alkanes of at least 4 members (excludes halogenated alkanes) is 2. The number of benzene rings is 2. The van der Waals surface area contributed by atoms with E-state index in [1.54, 1.807) is 12.1 Å². The van der Waals surface area contributed by atoms with Crippen LogP contribution >= 0.6 is 11.8 Å². The second-order valence-electron chi connectivity index (χ2n) is 15.7.